The Hall–Kier alpha value is -4.79. The number of aryl methyl sites for hydroxylation is 1. The summed E-state index contributed by atoms with van der Waals surface area (Å²) in [6, 6.07) is 1.93. The number of hydrogen-bond acceptors (Lipinski definition) is 10. The molecular weight excluding hydrogens is 591 g/mol. The van der Waals surface area contributed by atoms with Gasteiger partial charge in [-0.1, -0.05) is 0 Å². The molecule has 0 aliphatic heterocycles. The van der Waals surface area contributed by atoms with Crippen molar-refractivity contribution in [3.63, 3.8) is 0 Å². The predicted octanol–water partition coefficient (Wildman–Crippen LogP) is 4.22. The zero-order chi connectivity index (χ0) is 32.1. The van der Waals surface area contributed by atoms with Crippen LogP contribution in [0.2, 0.25) is 0 Å². The van der Waals surface area contributed by atoms with Crippen LogP contribution in [0.15, 0.2) is 37.1 Å². The molecule has 7 rings (SSSR count). The minimum absolute atomic E-state index is 0.0322. The molecule has 240 valence electrons. The summed E-state index contributed by atoms with van der Waals surface area (Å²) in [6.45, 7) is 6.51. The highest BCUT2D eigenvalue weighted by Crippen LogP contribution is 2.41. The maximum atomic E-state index is 13.8. The van der Waals surface area contributed by atoms with Gasteiger partial charge in [0, 0.05) is 31.3 Å². The predicted molar refractivity (Wildman–Crippen MR) is 166 cm³/mol. The molecule has 1 amide bonds. The monoisotopic (exact) mass is 628 g/mol. The Morgan fingerprint density at radius 1 is 1.11 bits per heavy atom. The van der Waals surface area contributed by atoms with Crippen LogP contribution in [0.3, 0.4) is 0 Å². The first-order valence-electron chi connectivity index (χ1n) is 15.6. The van der Waals surface area contributed by atoms with Crippen molar-refractivity contribution >= 4 is 28.6 Å². The summed E-state index contributed by atoms with van der Waals surface area (Å²) in [5, 5.41) is 23.2. The Kier molecular flexibility index (Phi) is 7.50. The fraction of sp³-hybridized carbons (Fsp3) is 0.484. The van der Waals surface area contributed by atoms with Crippen LogP contribution >= 0.6 is 0 Å². The smallest absolute Gasteiger partial charge is 0.252 e. The van der Waals surface area contributed by atoms with Crippen LogP contribution in [0.25, 0.3) is 16.9 Å². The molecule has 2 aliphatic carbocycles. The zero-order valence-electron chi connectivity index (χ0n) is 26.3. The number of carbonyl (C=O) groups excluding carboxylic acids is 1. The summed E-state index contributed by atoms with van der Waals surface area (Å²) in [4.78, 5) is 32.7. The number of carbonyl (C=O) groups is 1. The van der Waals surface area contributed by atoms with E-state index in [2.05, 4.69) is 41.0 Å². The van der Waals surface area contributed by atoms with Crippen LogP contribution in [0.4, 0.5) is 16.0 Å². The quantitative estimate of drug-likeness (QED) is 0.204. The Morgan fingerprint density at radius 2 is 1.91 bits per heavy atom. The summed E-state index contributed by atoms with van der Waals surface area (Å²) in [5.74, 6) is 2.42. The minimum atomic E-state index is -1.01. The number of anilines is 2. The molecule has 0 aromatic carbocycles. The number of hydrogen-bond donors (Lipinski definition) is 3. The van der Waals surface area contributed by atoms with Gasteiger partial charge in [-0.3, -0.25) is 14.9 Å². The highest BCUT2D eigenvalue weighted by Gasteiger charge is 2.45. The average Bonchev–Trinajstić information content (AvgIpc) is 3.37. The van der Waals surface area contributed by atoms with Gasteiger partial charge in [0.25, 0.3) is 5.91 Å². The summed E-state index contributed by atoms with van der Waals surface area (Å²) >= 11 is 0. The Bertz CT molecular complexity index is 1870. The second-order valence-corrected chi connectivity index (χ2v) is 12.9. The van der Waals surface area contributed by atoms with Crippen molar-refractivity contribution < 1.29 is 13.9 Å². The van der Waals surface area contributed by atoms with E-state index in [9.17, 15) is 9.18 Å². The fourth-order valence-corrected chi connectivity index (χ4v) is 6.05. The number of aromatic amines is 1. The van der Waals surface area contributed by atoms with E-state index in [0.717, 1.165) is 35.3 Å². The van der Waals surface area contributed by atoms with E-state index in [1.54, 1.807) is 13.3 Å². The van der Waals surface area contributed by atoms with E-state index in [4.69, 9.17) is 14.7 Å². The minimum Gasteiger partial charge on any atom is -0.368 e. The molecule has 46 heavy (non-hydrogen) atoms. The van der Waals surface area contributed by atoms with Crippen molar-refractivity contribution in [1.82, 2.24) is 55.0 Å². The number of aromatic nitrogens is 10. The van der Waals surface area contributed by atoms with Gasteiger partial charge >= 0.3 is 0 Å². The molecule has 2 aliphatic rings. The van der Waals surface area contributed by atoms with Gasteiger partial charge in [0.15, 0.2) is 23.1 Å². The lowest BCUT2D eigenvalue weighted by molar-refractivity contribution is -0.150. The molecule has 14 nitrogen and oxygen atoms in total. The standard InChI is InChI=1S/C31H37FN12O2/c1-18-11-24(42-41-18)37-27-22-13-36-44(16-19-5-6-19)28(22)39-26(38-27)20-7-9-31(46-4,10-8-20)29(45)40-30(2,3)23-14-34-25(15-33-23)43-17-21(32)12-35-43/h11-15,17,19-20H,5-10,16H2,1-4H3,(H,40,45)(H2,37,38,39,41,42). The molecule has 0 saturated heterocycles. The van der Waals surface area contributed by atoms with Crippen LogP contribution in [-0.4, -0.2) is 68.3 Å². The van der Waals surface area contributed by atoms with E-state index < -0.39 is 17.0 Å². The lowest BCUT2D eigenvalue weighted by Crippen LogP contribution is -2.55. The maximum Gasteiger partial charge on any atom is 0.252 e. The first-order chi connectivity index (χ1) is 22.1. The molecule has 15 heteroatoms. The lowest BCUT2D eigenvalue weighted by Gasteiger charge is -2.39. The van der Waals surface area contributed by atoms with Crippen LogP contribution in [0, 0.1) is 18.7 Å². The highest BCUT2D eigenvalue weighted by atomic mass is 19.1. The van der Waals surface area contributed by atoms with Crippen LogP contribution in [-0.2, 0) is 21.6 Å². The van der Waals surface area contributed by atoms with Gasteiger partial charge in [0.2, 0.25) is 0 Å². The number of fused-ring (bicyclic) bond motifs is 1. The molecule has 5 aromatic heterocycles. The Balaban J connectivity index is 1.08. The van der Waals surface area contributed by atoms with Crippen LogP contribution in [0.1, 0.15) is 75.5 Å². The second kappa shape index (κ2) is 11.5. The van der Waals surface area contributed by atoms with Crippen molar-refractivity contribution in [3.8, 4) is 5.82 Å². The van der Waals surface area contributed by atoms with Gasteiger partial charge in [-0.05, 0) is 65.2 Å². The highest BCUT2D eigenvalue weighted by molar-refractivity contribution is 5.88. The summed E-state index contributed by atoms with van der Waals surface area (Å²) in [5.41, 5.74) is 0.434. The third kappa shape index (κ3) is 5.82. The van der Waals surface area contributed by atoms with E-state index in [-0.39, 0.29) is 11.8 Å². The number of nitrogens with zero attached hydrogens (tertiary/aromatic N) is 9. The van der Waals surface area contributed by atoms with E-state index in [1.165, 1.54) is 29.9 Å². The van der Waals surface area contributed by atoms with Gasteiger partial charge in [-0.25, -0.2) is 28.7 Å². The van der Waals surface area contributed by atoms with Gasteiger partial charge in [-0.2, -0.15) is 15.3 Å². The third-order valence-electron chi connectivity index (χ3n) is 9.05. The SMILES string of the molecule is COC1(C(=O)NC(C)(C)c2cnc(-n3cc(F)cn3)cn2)CCC(c2nc(Nc3cc(C)[nH]n3)c3cnn(CC4CC4)c3n2)CC1. The molecule has 2 fully saturated rings. The molecule has 0 radical (unpaired) electrons. The van der Waals surface area contributed by atoms with Crippen molar-refractivity contribution in [2.75, 3.05) is 12.4 Å². The van der Waals surface area contributed by atoms with Crippen molar-refractivity contribution in [3.05, 3.63) is 60.1 Å². The molecule has 5 heterocycles. The largest absolute Gasteiger partial charge is 0.368 e. The van der Waals surface area contributed by atoms with Gasteiger partial charge in [0.05, 0.1) is 47.6 Å². The van der Waals surface area contributed by atoms with Crippen molar-refractivity contribution in [1.29, 1.82) is 0 Å². The molecule has 2 saturated carbocycles. The topological polar surface area (TPSA) is 166 Å². The summed E-state index contributed by atoms with van der Waals surface area (Å²) in [7, 11) is 1.58. The first-order valence-corrected chi connectivity index (χ1v) is 15.6. The maximum absolute atomic E-state index is 13.8. The van der Waals surface area contributed by atoms with Crippen molar-refractivity contribution in [2.45, 2.75) is 82.9 Å². The molecule has 0 atom stereocenters. The molecular formula is C31H37FN12O2. The summed E-state index contributed by atoms with van der Waals surface area (Å²) < 4.78 is 22.6. The van der Waals surface area contributed by atoms with Crippen LogP contribution in [0.5, 0.6) is 0 Å². The lowest BCUT2D eigenvalue weighted by atomic mass is 9.77. The molecule has 5 aromatic rings. The number of amides is 1. The molecule has 0 unspecified atom stereocenters. The summed E-state index contributed by atoms with van der Waals surface area (Å²) in [6.07, 6.45) is 11.9. The number of methoxy groups -OCH3 is 1. The zero-order valence-corrected chi connectivity index (χ0v) is 26.3. The van der Waals surface area contributed by atoms with Gasteiger partial charge in [-0.15, -0.1) is 0 Å². The fourth-order valence-electron chi connectivity index (χ4n) is 6.05. The van der Waals surface area contributed by atoms with E-state index in [1.807, 2.05) is 37.7 Å². The Labute approximate surface area is 264 Å². The molecule has 0 bridgehead atoms. The molecule has 3 N–H and O–H groups in total. The molecule has 0 spiro atoms. The third-order valence-corrected chi connectivity index (χ3v) is 9.05. The normalized spacial score (nSPS) is 20.2. The average molecular weight is 629 g/mol. The Morgan fingerprint density at radius 3 is 2.54 bits per heavy atom. The van der Waals surface area contributed by atoms with E-state index >= 15 is 0 Å². The van der Waals surface area contributed by atoms with Crippen molar-refractivity contribution in [2.24, 2.45) is 5.92 Å². The number of halogens is 1. The van der Waals surface area contributed by atoms with Gasteiger partial charge < -0.3 is 15.4 Å². The number of ether oxygens (including phenoxy) is 1. The number of H-pyrrole nitrogens is 1. The second-order valence-electron chi connectivity index (χ2n) is 12.9. The van der Waals surface area contributed by atoms with Crippen LogP contribution < -0.4 is 10.6 Å². The van der Waals surface area contributed by atoms with E-state index in [0.29, 0.717) is 54.7 Å². The number of rotatable bonds is 10. The number of nitrogens with one attached hydrogen (secondary N) is 3. The van der Waals surface area contributed by atoms with Gasteiger partial charge in [0.1, 0.15) is 17.2 Å². The first kappa shape index (κ1) is 29.9.